The number of H-pyrrole nitrogens is 1. The fourth-order valence-corrected chi connectivity index (χ4v) is 3.59. The van der Waals surface area contributed by atoms with E-state index < -0.39 is 6.10 Å². The zero-order valence-corrected chi connectivity index (χ0v) is 17.1. The summed E-state index contributed by atoms with van der Waals surface area (Å²) in [6.07, 6.45) is 2.84. The lowest BCUT2D eigenvalue weighted by Gasteiger charge is -2.19. The molecule has 0 bridgehead atoms. The first-order valence-electron chi connectivity index (χ1n) is 9.89. The Kier molecular flexibility index (Phi) is 6.02. The Labute approximate surface area is 174 Å². The molecule has 0 spiro atoms. The molecule has 0 aliphatic rings. The molecular weight excluding hydrogens is 382 g/mol. The standard InChI is InChI=1S/C23H25N3O4/c1-26(13-16(27)15-30-18-9-7-17(28-2)8-10-18)14-20-19-5-3-11-24-23(19)25-22(20)21-6-4-12-29-21/h3-12,16,27H,13-15H2,1-2H3,(H,24,25)/p+1/t16-/m1/s1. The van der Waals surface area contributed by atoms with Gasteiger partial charge in [-0.15, -0.1) is 0 Å². The maximum Gasteiger partial charge on any atom is 0.150 e. The minimum Gasteiger partial charge on any atom is -0.497 e. The number of pyridine rings is 1. The van der Waals surface area contributed by atoms with Crippen LogP contribution in [0.5, 0.6) is 11.5 Å². The average molecular weight is 408 g/mol. The summed E-state index contributed by atoms with van der Waals surface area (Å²) < 4.78 is 16.5. The Bertz CT molecular complexity index is 1070. The quantitative estimate of drug-likeness (QED) is 0.396. The Hall–Kier alpha value is -3.29. The van der Waals surface area contributed by atoms with E-state index in [4.69, 9.17) is 13.9 Å². The van der Waals surface area contributed by atoms with Crippen molar-refractivity contribution < 1.29 is 23.9 Å². The van der Waals surface area contributed by atoms with E-state index in [9.17, 15) is 5.11 Å². The summed E-state index contributed by atoms with van der Waals surface area (Å²) in [7, 11) is 3.68. The molecule has 0 saturated carbocycles. The Balaban J connectivity index is 1.41. The van der Waals surface area contributed by atoms with Gasteiger partial charge in [0.15, 0.2) is 5.76 Å². The van der Waals surface area contributed by atoms with Crippen molar-refractivity contribution in [1.82, 2.24) is 9.97 Å². The van der Waals surface area contributed by atoms with Crippen LogP contribution >= 0.6 is 0 Å². The van der Waals surface area contributed by atoms with Gasteiger partial charge < -0.3 is 28.9 Å². The van der Waals surface area contributed by atoms with Gasteiger partial charge in [0, 0.05) is 17.1 Å². The van der Waals surface area contributed by atoms with Gasteiger partial charge in [0.2, 0.25) is 0 Å². The second-order valence-electron chi connectivity index (χ2n) is 7.33. The third-order valence-electron chi connectivity index (χ3n) is 5.01. The maximum absolute atomic E-state index is 10.5. The Morgan fingerprint density at radius 1 is 1.13 bits per heavy atom. The number of nitrogens with one attached hydrogen (secondary N) is 2. The predicted molar refractivity (Wildman–Crippen MR) is 114 cm³/mol. The largest absolute Gasteiger partial charge is 0.497 e. The maximum atomic E-state index is 10.5. The number of ether oxygens (including phenoxy) is 2. The van der Waals surface area contributed by atoms with E-state index in [2.05, 4.69) is 23.1 Å². The Morgan fingerprint density at radius 3 is 2.67 bits per heavy atom. The number of fused-ring (bicyclic) bond motifs is 1. The van der Waals surface area contributed by atoms with E-state index >= 15 is 0 Å². The minimum absolute atomic E-state index is 0.226. The van der Waals surface area contributed by atoms with Gasteiger partial charge in [-0.25, -0.2) is 4.98 Å². The van der Waals surface area contributed by atoms with Gasteiger partial charge in [-0.05, 0) is 48.5 Å². The summed E-state index contributed by atoms with van der Waals surface area (Å²) in [4.78, 5) is 8.95. The second-order valence-corrected chi connectivity index (χ2v) is 7.33. The van der Waals surface area contributed by atoms with Gasteiger partial charge in [0.1, 0.15) is 42.9 Å². The number of rotatable bonds is 9. The van der Waals surface area contributed by atoms with E-state index in [1.54, 1.807) is 19.6 Å². The molecule has 0 radical (unpaired) electrons. The molecule has 7 nitrogen and oxygen atoms in total. The Morgan fingerprint density at radius 2 is 1.93 bits per heavy atom. The third kappa shape index (κ3) is 4.48. The first kappa shape index (κ1) is 20.0. The van der Waals surface area contributed by atoms with Gasteiger partial charge in [-0.2, -0.15) is 0 Å². The molecule has 3 N–H and O–H groups in total. The second kappa shape index (κ2) is 9.02. The molecule has 7 heteroatoms. The lowest BCUT2D eigenvalue weighted by atomic mass is 10.1. The van der Waals surface area contributed by atoms with Crippen LogP contribution in [0, 0.1) is 0 Å². The molecule has 156 valence electrons. The van der Waals surface area contributed by atoms with Crippen LogP contribution in [0.3, 0.4) is 0 Å². The number of nitrogens with zero attached hydrogens (tertiary/aromatic N) is 1. The minimum atomic E-state index is -0.595. The van der Waals surface area contributed by atoms with Crippen molar-refractivity contribution >= 4 is 11.0 Å². The summed E-state index contributed by atoms with van der Waals surface area (Å²) in [6.45, 7) is 1.48. The summed E-state index contributed by atoms with van der Waals surface area (Å²) in [5, 5.41) is 11.5. The summed E-state index contributed by atoms with van der Waals surface area (Å²) in [5.74, 6) is 2.25. The zero-order valence-electron chi connectivity index (χ0n) is 17.1. The van der Waals surface area contributed by atoms with Crippen LogP contribution in [0.25, 0.3) is 22.5 Å². The predicted octanol–water partition coefficient (Wildman–Crippen LogP) is 2.29. The van der Waals surface area contributed by atoms with Crippen molar-refractivity contribution in [1.29, 1.82) is 0 Å². The van der Waals surface area contributed by atoms with Crippen molar-refractivity contribution in [3.63, 3.8) is 0 Å². The highest BCUT2D eigenvalue weighted by atomic mass is 16.5. The van der Waals surface area contributed by atoms with Gasteiger partial charge in [-0.3, -0.25) is 0 Å². The highest BCUT2D eigenvalue weighted by Gasteiger charge is 2.20. The molecule has 30 heavy (non-hydrogen) atoms. The lowest BCUT2D eigenvalue weighted by molar-refractivity contribution is -0.896. The number of benzene rings is 1. The molecular formula is C23H26N3O4+. The summed E-state index contributed by atoms with van der Waals surface area (Å²) in [5.41, 5.74) is 2.88. The average Bonchev–Trinajstić information content (AvgIpc) is 3.41. The van der Waals surface area contributed by atoms with Crippen molar-refractivity contribution in [3.8, 4) is 23.0 Å². The van der Waals surface area contributed by atoms with Crippen molar-refractivity contribution in [2.75, 3.05) is 27.3 Å². The third-order valence-corrected chi connectivity index (χ3v) is 5.01. The van der Waals surface area contributed by atoms with E-state index in [1.807, 2.05) is 42.5 Å². The lowest BCUT2D eigenvalue weighted by Crippen LogP contribution is -3.09. The first-order chi connectivity index (χ1) is 14.6. The van der Waals surface area contributed by atoms with E-state index in [1.165, 1.54) is 0 Å². The number of likely N-dealkylation sites (N-methyl/N-ethyl adjacent to an activating group) is 1. The molecule has 0 aliphatic heterocycles. The molecule has 0 aliphatic carbocycles. The number of hydrogen-bond donors (Lipinski definition) is 3. The topological polar surface area (TPSA) is 85.0 Å². The highest BCUT2D eigenvalue weighted by Crippen LogP contribution is 2.29. The number of quaternary nitrogens is 1. The zero-order chi connectivity index (χ0) is 20.9. The number of aromatic nitrogens is 2. The normalized spacial score (nSPS) is 13.3. The number of aliphatic hydroxyl groups excluding tert-OH is 1. The van der Waals surface area contributed by atoms with Crippen molar-refractivity contribution in [2.45, 2.75) is 12.6 Å². The van der Waals surface area contributed by atoms with Crippen LogP contribution < -0.4 is 14.4 Å². The number of aliphatic hydroxyl groups is 1. The molecule has 0 saturated heterocycles. The molecule has 1 unspecified atom stereocenters. The summed E-state index contributed by atoms with van der Waals surface area (Å²) >= 11 is 0. The number of methoxy groups -OCH3 is 1. The van der Waals surface area contributed by atoms with Gasteiger partial charge in [-0.1, -0.05) is 0 Å². The molecule has 3 heterocycles. The molecule has 1 aromatic carbocycles. The van der Waals surface area contributed by atoms with Crippen LogP contribution in [-0.2, 0) is 6.54 Å². The molecule has 4 aromatic rings. The molecule has 0 fully saturated rings. The number of aromatic amines is 1. The van der Waals surface area contributed by atoms with Gasteiger partial charge >= 0.3 is 0 Å². The first-order valence-corrected chi connectivity index (χ1v) is 9.89. The van der Waals surface area contributed by atoms with Gasteiger partial charge in [0.05, 0.1) is 26.1 Å². The fourth-order valence-electron chi connectivity index (χ4n) is 3.59. The van der Waals surface area contributed by atoms with E-state index in [0.717, 1.165) is 38.7 Å². The SMILES string of the molecule is COc1ccc(OC[C@H](O)C[NH+](C)Cc2c(-c3ccco3)[nH]c3ncccc23)cc1. The van der Waals surface area contributed by atoms with Crippen LogP contribution in [-0.4, -0.2) is 48.5 Å². The van der Waals surface area contributed by atoms with Crippen LogP contribution in [0.1, 0.15) is 5.56 Å². The van der Waals surface area contributed by atoms with Crippen molar-refractivity contribution in [3.05, 3.63) is 66.6 Å². The molecule has 3 aromatic heterocycles. The van der Waals surface area contributed by atoms with E-state index in [0.29, 0.717) is 18.8 Å². The molecule has 2 atom stereocenters. The van der Waals surface area contributed by atoms with Crippen molar-refractivity contribution in [2.24, 2.45) is 0 Å². The summed E-state index contributed by atoms with van der Waals surface area (Å²) in [6, 6.07) is 15.1. The van der Waals surface area contributed by atoms with Gasteiger partial charge in [0.25, 0.3) is 0 Å². The van der Waals surface area contributed by atoms with Crippen LogP contribution in [0.15, 0.2) is 65.4 Å². The number of hydrogen-bond acceptors (Lipinski definition) is 5. The molecule has 4 rings (SSSR count). The highest BCUT2D eigenvalue weighted by molar-refractivity contribution is 5.87. The van der Waals surface area contributed by atoms with Crippen LogP contribution in [0.2, 0.25) is 0 Å². The fraction of sp³-hybridized carbons (Fsp3) is 0.261. The number of furan rings is 1. The smallest absolute Gasteiger partial charge is 0.150 e. The van der Waals surface area contributed by atoms with E-state index in [-0.39, 0.29) is 6.61 Å². The van der Waals surface area contributed by atoms with Crippen LogP contribution in [0.4, 0.5) is 0 Å². The monoisotopic (exact) mass is 408 g/mol. The molecule has 0 amide bonds.